The normalized spacial score (nSPS) is 30.7. The van der Waals surface area contributed by atoms with Crippen LogP contribution in [0.1, 0.15) is 112 Å². The molecule has 0 radical (unpaired) electrons. The van der Waals surface area contributed by atoms with Crippen LogP contribution in [-0.2, 0) is 42.4 Å². The summed E-state index contributed by atoms with van der Waals surface area (Å²) in [5.41, 5.74) is 3.24. The van der Waals surface area contributed by atoms with Crippen LogP contribution >= 0.6 is 0 Å². The lowest BCUT2D eigenvalue weighted by Gasteiger charge is -2.42. The molecule has 0 saturated carbocycles. The molecule has 4 fully saturated rings. The molecule has 4 saturated heterocycles. The van der Waals surface area contributed by atoms with Crippen molar-refractivity contribution in [2.75, 3.05) is 25.6 Å². The van der Waals surface area contributed by atoms with E-state index in [0.29, 0.717) is 37.6 Å². The quantitative estimate of drug-likeness (QED) is 0.105. The van der Waals surface area contributed by atoms with Crippen LogP contribution in [0.2, 0.25) is 36.3 Å². The minimum absolute atomic E-state index is 0.00604. The van der Waals surface area contributed by atoms with E-state index < -0.39 is 26.5 Å². The Kier molecular flexibility index (Phi) is 16.5. The van der Waals surface area contributed by atoms with E-state index in [1.807, 2.05) is 19.1 Å². The molecule has 4 aliphatic rings. The summed E-state index contributed by atoms with van der Waals surface area (Å²) in [7, 11) is -7.88. The molecule has 9 nitrogen and oxygen atoms in total. The average molecular weight is 891 g/mol. The van der Waals surface area contributed by atoms with Gasteiger partial charge in [0.25, 0.3) is 0 Å². The van der Waals surface area contributed by atoms with Gasteiger partial charge in [-0.15, -0.1) is 0 Å². The second-order valence-corrected chi connectivity index (χ2v) is 33.4. The second kappa shape index (κ2) is 19.9. The van der Waals surface area contributed by atoms with Crippen molar-refractivity contribution in [1.82, 2.24) is 0 Å². The monoisotopic (exact) mass is 891 g/mol. The van der Waals surface area contributed by atoms with Crippen molar-refractivity contribution in [3.63, 3.8) is 0 Å². The third-order valence-corrected chi connectivity index (χ3v) is 25.9. The Labute approximate surface area is 367 Å². The SMILES string of the molecule is C=C1C[C@H](CCC2OCCO2)O[C@H]1CC[C@H]1C[C@H](C)C(=C)[C@@H](C[C@@H]2O[C@H](C[C@@H](CO[Si](C)(C)C(C)(C)C)O[Si](C)(C)C(C)(C)C)[C@@H](C)[C@H]2CS(=O)(=O)c2ccc(C)cc2)O1. The van der Waals surface area contributed by atoms with E-state index in [9.17, 15) is 8.42 Å². The van der Waals surface area contributed by atoms with Crippen LogP contribution in [0.25, 0.3) is 0 Å². The fourth-order valence-corrected chi connectivity index (χ4v) is 12.9. The Bertz CT molecular complexity index is 1690. The van der Waals surface area contributed by atoms with Crippen molar-refractivity contribution in [3.05, 3.63) is 54.1 Å². The van der Waals surface area contributed by atoms with Gasteiger partial charge in [-0.1, -0.05) is 86.2 Å². The van der Waals surface area contributed by atoms with Gasteiger partial charge in [-0.2, -0.15) is 0 Å². The highest BCUT2D eigenvalue weighted by molar-refractivity contribution is 7.91. The lowest BCUT2D eigenvalue weighted by atomic mass is 9.82. The molecule has 1 aromatic rings. The van der Waals surface area contributed by atoms with Gasteiger partial charge in [-0.05, 0) is 110 Å². The number of ether oxygens (including phenoxy) is 5. The molecule has 0 aliphatic carbocycles. The first-order chi connectivity index (χ1) is 27.8. The van der Waals surface area contributed by atoms with Crippen LogP contribution in [0.15, 0.2) is 53.5 Å². The molecule has 0 unspecified atom stereocenters. The third-order valence-electron chi connectivity index (χ3n) is 15.0. The maximum atomic E-state index is 14.2. The molecular weight excluding hydrogens is 809 g/mol. The number of sulfone groups is 1. The Balaban J connectivity index is 1.32. The number of aryl methyl sites for hydroxylation is 1. The molecule has 0 spiro atoms. The largest absolute Gasteiger partial charge is 0.414 e. The fraction of sp³-hybridized carbons (Fsp3) is 0.792. The van der Waals surface area contributed by atoms with Crippen LogP contribution in [0.3, 0.4) is 0 Å². The van der Waals surface area contributed by atoms with Crippen LogP contribution < -0.4 is 0 Å². The number of hydrogen-bond acceptors (Lipinski definition) is 9. The minimum atomic E-state index is -3.61. The highest BCUT2D eigenvalue weighted by Gasteiger charge is 2.49. The highest BCUT2D eigenvalue weighted by Crippen LogP contribution is 2.45. The Hall–Kier alpha value is -1.20. The number of rotatable bonds is 18. The molecule has 5 rings (SSSR count). The predicted octanol–water partition coefficient (Wildman–Crippen LogP) is 11.0. The molecule has 1 aromatic carbocycles. The molecule has 0 amide bonds. The van der Waals surface area contributed by atoms with Gasteiger partial charge in [0.2, 0.25) is 0 Å². The summed E-state index contributed by atoms with van der Waals surface area (Å²) < 4.78 is 74.2. The molecule has 342 valence electrons. The maximum Gasteiger partial charge on any atom is 0.192 e. The van der Waals surface area contributed by atoms with Crippen LogP contribution in [0, 0.1) is 24.7 Å². The first-order valence-corrected chi connectivity index (χ1v) is 30.4. The standard InChI is InChI=1S/C48H82O9SSi2/c1-32-16-20-40(21-17-32)58(49,50)31-41-36(5)43(28-39(57-60(14,15)48(9,10)11)30-53-59(12,13)47(6,7)8)56-45(41)29-44-35(4)33(2)26-37(55-44)18-22-42-34(3)27-38(54-42)19-23-46-51-24-25-52-46/h16-17,20-21,33,36-39,41-46H,3-4,18-19,22-31H2,1-2,5-15H3/t33-,36-,37-,38-,39-,41+,42-,43+,44+,45-/m0/s1. The molecule has 4 heterocycles. The summed E-state index contributed by atoms with van der Waals surface area (Å²) in [6.07, 6.45) is 5.51. The van der Waals surface area contributed by atoms with Crippen molar-refractivity contribution in [2.24, 2.45) is 17.8 Å². The van der Waals surface area contributed by atoms with Gasteiger partial charge in [0.15, 0.2) is 32.8 Å². The highest BCUT2D eigenvalue weighted by atomic mass is 32.2. The average Bonchev–Trinajstić information content (AvgIpc) is 3.86. The summed E-state index contributed by atoms with van der Waals surface area (Å²) in [5, 5.41) is 0.0759. The topological polar surface area (TPSA) is 98.8 Å². The van der Waals surface area contributed by atoms with E-state index in [1.165, 1.54) is 0 Å². The van der Waals surface area contributed by atoms with Crippen LogP contribution in [0.5, 0.6) is 0 Å². The zero-order valence-electron chi connectivity index (χ0n) is 39.6. The Morgan fingerprint density at radius 3 is 2.02 bits per heavy atom. The third kappa shape index (κ3) is 12.7. The van der Waals surface area contributed by atoms with Crippen LogP contribution in [-0.4, -0.2) is 99.6 Å². The zero-order chi connectivity index (χ0) is 44.4. The summed E-state index contributed by atoms with van der Waals surface area (Å²) in [6.45, 7) is 39.9. The molecule has 60 heavy (non-hydrogen) atoms. The molecular formula is C48H82O9SSi2. The van der Waals surface area contributed by atoms with Gasteiger partial charge < -0.3 is 32.5 Å². The molecule has 4 aliphatic heterocycles. The van der Waals surface area contributed by atoms with Gasteiger partial charge in [-0.25, -0.2) is 8.42 Å². The van der Waals surface area contributed by atoms with Gasteiger partial charge >= 0.3 is 0 Å². The van der Waals surface area contributed by atoms with Crippen molar-refractivity contribution in [2.45, 2.75) is 204 Å². The summed E-state index contributed by atoms with van der Waals surface area (Å²) >= 11 is 0. The Morgan fingerprint density at radius 2 is 1.40 bits per heavy atom. The van der Waals surface area contributed by atoms with E-state index in [-0.39, 0.29) is 82.6 Å². The van der Waals surface area contributed by atoms with Gasteiger partial charge in [-0.3, -0.25) is 0 Å². The van der Waals surface area contributed by atoms with E-state index >= 15 is 0 Å². The summed E-state index contributed by atoms with van der Waals surface area (Å²) in [6, 6.07) is 7.23. The smallest absolute Gasteiger partial charge is 0.192 e. The first kappa shape index (κ1) is 49.8. The van der Waals surface area contributed by atoms with Gasteiger partial charge in [0.1, 0.15) is 0 Å². The van der Waals surface area contributed by atoms with Crippen molar-refractivity contribution < 1.29 is 41.0 Å². The minimum Gasteiger partial charge on any atom is -0.414 e. The lowest BCUT2D eigenvalue weighted by Crippen LogP contribution is -2.48. The number of hydrogen-bond donors (Lipinski definition) is 0. The first-order valence-electron chi connectivity index (χ1n) is 22.9. The lowest BCUT2D eigenvalue weighted by molar-refractivity contribution is -0.0771. The summed E-state index contributed by atoms with van der Waals surface area (Å²) in [5.74, 6) is -0.00861. The van der Waals surface area contributed by atoms with Gasteiger partial charge in [0, 0.05) is 25.2 Å². The molecule has 10 atom stereocenters. The van der Waals surface area contributed by atoms with Crippen LogP contribution in [0.4, 0.5) is 0 Å². The predicted molar refractivity (Wildman–Crippen MR) is 247 cm³/mol. The van der Waals surface area contributed by atoms with Crippen molar-refractivity contribution >= 4 is 26.5 Å². The zero-order valence-corrected chi connectivity index (χ0v) is 42.5. The Morgan fingerprint density at radius 1 is 0.800 bits per heavy atom. The van der Waals surface area contributed by atoms with E-state index in [2.05, 4.69) is 94.7 Å². The maximum absolute atomic E-state index is 14.2. The van der Waals surface area contributed by atoms with E-state index in [4.69, 9.17) is 32.5 Å². The summed E-state index contributed by atoms with van der Waals surface area (Å²) in [4.78, 5) is 0.356. The molecule has 0 bridgehead atoms. The molecule has 12 heteroatoms. The van der Waals surface area contributed by atoms with Crippen molar-refractivity contribution in [3.8, 4) is 0 Å². The molecule has 0 N–H and O–H groups in total. The molecule has 0 aromatic heterocycles. The van der Waals surface area contributed by atoms with E-state index in [1.54, 1.807) is 12.1 Å². The van der Waals surface area contributed by atoms with Gasteiger partial charge in [0.05, 0.1) is 73.2 Å². The van der Waals surface area contributed by atoms with Crippen molar-refractivity contribution in [1.29, 1.82) is 0 Å². The fourth-order valence-electron chi connectivity index (χ4n) is 8.76. The second-order valence-electron chi connectivity index (χ2n) is 21.8. The number of benzene rings is 1. The van der Waals surface area contributed by atoms with E-state index in [0.717, 1.165) is 55.2 Å².